The first-order valence-corrected chi connectivity index (χ1v) is 38.8. The van der Waals surface area contributed by atoms with Gasteiger partial charge in [0.15, 0.2) is 22.7 Å². The van der Waals surface area contributed by atoms with Gasteiger partial charge in [-0.3, -0.25) is 4.79 Å². The molecule has 0 aromatic heterocycles. The van der Waals surface area contributed by atoms with Crippen LogP contribution >= 0.6 is 0 Å². The summed E-state index contributed by atoms with van der Waals surface area (Å²) in [5, 5.41) is 51.6. The minimum Gasteiger partial charge on any atom is -0.437 e. The monoisotopic (exact) mass is 889 g/mol. The molecular formula is C37H87NO11Si6. The van der Waals surface area contributed by atoms with Crippen LogP contribution < -0.4 is 5.32 Å². The number of nitrogens with one attached hydrogen (secondary N) is 1. The van der Waals surface area contributed by atoms with E-state index in [9.17, 15) is 25.2 Å². The first kappa shape index (κ1) is 55.4. The van der Waals surface area contributed by atoms with Crippen molar-refractivity contribution in [1.29, 1.82) is 0 Å². The SMILES string of the molecule is CCCCCCCCCCCCCCCC[Si](C)(O[Si](C)(C)C)O[Si](C)(C)O[Si](C)(CCCNC(=O)C(O)C(O)C(O)C(O)CO)O[Si](C)(C)O[Si](C)(C)C. The molecule has 18 heteroatoms. The highest BCUT2D eigenvalue weighted by atomic mass is 28.5. The summed E-state index contributed by atoms with van der Waals surface area (Å²) in [6.07, 6.45) is 11.3. The Kier molecular flexibility index (Phi) is 26.7. The number of amides is 1. The summed E-state index contributed by atoms with van der Waals surface area (Å²) in [5.74, 6) is -0.898. The molecule has 0 radical (unpaired) electrons. The zero-order valence-electron chi connectivity index (χ0n) is 37.4. The Morgan fingerprint density at radius 2 is 0.873 bits per heavy atom. The number of aliphatic hydroxyl groups is 5. The first-order chi connectivity index (χ1) is 25.2. The third kappa shape index (κ3) is 27.7. The summed E-state index contributed by atoms with van der Waals surface area (Å²) in [5.41, 5.74) is 0. The lowest BCUT2D eigenvalue weighted by Gasteiger charge is -2.44. The topological polar surface area (TPSA) is 176 Å². The van der Waals surface area contributed by atoms with Gasteiger partial charge in [-0.05, 0) is 97.1 Å². The van der Waals surface area contributed by atoms with Gasteiger partial charge in [-0.15, -0.1) is 0 Å². The van der Waals surface area contributed by atoms with Crippen molar-refractivity contribution in [2.24, 2.45) is 0 Å². The summed E-state index contributed by atoms with van der Waals surface area (Å²) in [6.45, 7) is 27.1. The van der Waals surface area contributed by atoms with Crippen molar-refractivity contribution in [2.75, 3.05) is 13.2 Å². The lowest BCUT2D eigenvalue weighted by molar-refractivity contribution is -0.148. The van der Waals surface area contributed by atoms with Crippen LogP contribution in [-0.2, 0) is 25.4 Å². The highest BCUT2D eigenvalue weighted by Gasteiger charge is 2.49. The van der Waals surface area contributed by atoms with Crippen LogP contribution in [0.1, 0.15) is 103 Å². The number of carbonyl (C=O) groups is 1. The van der Waals surface area contributed by atoms with E-state index >= 15 is 0 Å². The molecule has 55 heavy (non-hydrogen) atoms. The second-order valence-corrected chi connectivity index (χ2v) is 42.4. The number of rotatable bonds is 34. The van der Waals surface area contributed by atoms with Crippen molar-refractivity contribution in [1.82, 2.24) is 5.32 Å². The fourth-order valence-corrected chi connectivity index (χ4v) is 36.3. The third-order valence-corrected chi connectivity index (χ3v) is 31.3. The van der Waals surface area contributed by atoms with Crippen molar-refractivity contribution >= 4 is 56.8 Å². The second kappa shape index (κ2) is 26.6. The molecule has 6 atom stereocenters. The van der Waals surface area contributed by atoms with E-state index < -0.39 is 87.8 Å². The molecule has 6 unspecified atom stereocenters. The summed E-state index contributed by atoms with van der Waals surface area (Å²) in [6, 6.07) is 1.42. The number of aliphatic hydroxyl groups excluding tert-OH is 5. The summed E-state index contributed by atoms with van der Waals surface area (Å²) >= 11 is 0. The van der Waals surface area contributed by atoms with E-state index in [-0.39, 0.29) is 6.54 Å². The predicted octanol–water partition coefficient (Wildman–Crippen LogP) is 7.71. The number of unbranched alkanes of at least 4 members (excludes halogenated alkanes) is 13. The molecule has 330 valence electrons. The maximum Gasteiger partial charge on any atom is 0.317 e. The van der Waals surface area contributed by atoms with Gasteiger partial charge in [-0.25, -0.2) is 0 Å². The van der Waals surface area contributed by atoms with Gasteiger partial charge in [0.25, 0.3) is 5.91 Å². The Morgan fingerprint density at radius 3 is 1.27 bits per heavy atom. The zero-order chi connectivity index (χ0) is 42.6. The summed E-state index contributed by atoms with van der Waals surface area (Å²) in [4.78, 5) is 12.6. The third-order valence-electron chi connectivity index (χ3n) is 9.07. The highest BCUT2D eigenvalue weighted by molar-refractivity contribution is 6.91. The van der Waals surface area contributed by atoms with Crippen molar-refractivity contribution in [3.05, 3.63) is 0 Å². The lowest BCUT2D eigenvalue weighted by Crippen LogP contribution is -2.61. The first-order valence-electron chi connectivity index (χ1n) is 21.3. The highest BCUT2D eigenvalue weighted by Crippen LogP contribution is 2.32. The number of hydrogen-bond donors (Lipinski definition) is 6. The van der Waals surface area contributed by atoms with E-state index in [1.165, 1.54) is 83.5 Å². The fourth-order valence-electron chi connectivity index (χ4n) is 7.28. The maximum atomic E-state index is 12.6. The van der Waals surface area contributed by atoms with Gasteiger partial charge in [0.2, 0.25) is 0 Å². The molecule has 0 saturated carbocycles. The molecule has 0 aliphatic carbocycles. The Hall–Kier alpha value is 0.371. The number of hydrogen-bond acceptors (Lipinski definition) is 11. The van der Waals surface area contributed by atoms with Crippen LogP contribution in [0.4, 0.5) is 0 Å². The molecule has 0 spiro atoms. The molecule has 6 N–H and O–H groups in total. The molecule has 0 heterocycles. The van der Waals surface area contributed by atoms with Gasteiger partial charge in [0, 0.05) is 6.54 Å². The van der Waals surface area contributed by atoms with E-state index in [0.29, 0.717) is 12.5 Å². The van der Waals surface area contributed by atoms with Gasteiger partial charge in [0.1, 0.15) is 18.3 Å². The van der Waals surface area contributed by atoms with Crippen molar-refractivity contribution in [3.8, 4) is 0 Å². The summed E-state index contributed by atoms with van der Waals surface area (Å²) < 4.78 is 34.5. The molecule has 0 bridgehead atoms. The summed E-state index contributed by atoms with van der Waals surface area (Å²) in [7, 11) is -15.0. The van der Waals surface area contributed by atoms with Crippen molar-refractivity contribution in [2.45, 2.75) is 218 Å². The maximum absolute atomic E-state index is 12.6. The Bertz CT molecular complexity index is 1040. The minimum absolute atomic E-state index is 0.153. The molecule has 1 amide bonds. The Labute approximate surface area is 343 Å². The molecule has 0 aliphatic heterocycles. The molecule has 0 aromatic rings. The van der Waals surface area contributed by atoms with Crippen LogP contribution in [0.5, 0.6) is 0 Å². The second-order valence-electron chi connectivity index (χ2n) is 18.7. The minimum atomic E-state index is -3.00. The number of carbonyl (C=O) groups excluding carboxylic acids is 1. The molecule has 0 fully saturated rings. The lowest BCUT2D eigenvalue weighted by atomic mass is 10.0. The fraction of sp³-hybridized carbons (Fsp3) is 0.973. The van der Waals surface area contributed by atoms with Gasteiger partial charge < -0.3 is 51.4 Å². The van der Waals surface area contributed by atoms with Crippen LogP contribution in [0.25, 0.3) is 0 Å². The molecule has 0 rings (SSSR count). The average Bonchev–Trinajstić information content (AvgIpc) is 3.02. The van der Waals surface area contributed by atoms with Crippen LogP contribution in [-0.4, -0.2) is 120 Å². The quantitative estimate of drug-likeness (QED) is 0.0276. The molecular weight excluding hydrogens is 803 g/mol. The van der Waals surface area contributed by atoms with Crippen LogP contribution in [0.15, 0.2) is 0 Å². The zero-order valence-corrected chi connectivity index (χ0v) is 43.4. The molecule has 0 aliphatic rings. The van der Waals surface area contributed by atoms with E-state index in [1.807, 2.05) is 19.6 Å². The van der Waals surface area contributed by atoms with Gasteiger partial charge in [0.05, 0.1) is 6.61 Å². The Morgan fingerprint density at radius 1 is 0.509 bits per heavy atom. The normalized spacial score (nSPS) is 17.6. The van der Waals surface area contributed by atoms with Gasteiger partial charge >= 0.3 is 34.2 Å². The van der Waals surface area contributed by atoms with Crippen molar-refractivity contribution in [3.63, 3.8) is 0 Å². The predicted molar refractivity (Wildman–Crippen MR) is 239 cm³/mol. The standard InChI is InChI=1S/C37H87NO11Si6/c1-14-15-16-17-18-19-20-21-22-23-24-25-26-27-30-54(12,46-51(5,6)7)48-53(10,11)49-55(13,47-52(8,9)45-50(2,3)4)31-28-29-38-37(44)36(43)35(42)34(41)33(40)32-39/h33-36,39-43H,14-32H2,1-13H3,(H,38,44). The van der Waals surface area contributed by atoms with Gasteiger partial charge in [-0.2, -0.15) is 0 Å². The molecule has 0 saturated heterocycles. The van der Waals surface area contributed by atoms with Crippen LogP contribution in [0.3, 0.4) is 0 Å². The Balaban J connectivity index is 5.50. The van der Waals surface area contributed by atoms with Crippen LogP contribution in [0, 0.1) is 0 Å². The van der Waals surface area contributed by atoms with Crippen molar-refractivity contribution < 1.29 is 50.9 Å². The van der Waals surface area contributed by atoms with E-state index in [1.54, 1.807) is 0 Å². The van der Waals surface area contributed by atoms with Gasteiger partial charge in [-0.1, -0.05) is 96.8 Å². The largest absolute Gasteiger partial charge is 0.437 e. The molecule has 0 aromatic carbocycles. The van der Waals surface area contributed by atoms with E-state index in [2.05, 4.69) is 71.2 Å². The van der Waals surface area contributed by atoms with E-state index in [4.69, 9.17) is 25.7 Å². The van der Waals surface area contributed by atoms with Crippen LogP contribution in [0.2, 0.25) is 90.7 Å². The average molecular weight is 891 g/mol. The molecule has 12 nitrogen and oxygen atoms in total. The smallest absolute Gasteiger partial charge is 0.317 e. The van der Waals surface area contributed by atoms with E-state index in [0.717, 1.165) is 12.5 Å².